The van der Waals surface area contributed by atoms with Crippen LogP contribution in [0.25, 0.3) is 0 Å². The molecule has 0 aliphatic heterocycles. The number of hydrogen-bond donors (Lipinski definition) is 1. The van der Waals surface area contributed by atoms with Crippen LogP contribution in [-0.2, 0) is 6.61 Å². The zero-order chi connectivity index (χ0) is 15.4. The molecule has 0 saturated heterocycles. The van der Waals surface area contributed by atoms with Gasteiger partial charge < -0.3 is 9.84 Å². The number of hydrogen-bond acceptors (Lipinski definition) is 3. The van der Waals surface area contributed by atoms with Crippen molar-refractivity contribution in [3.63, 3.8) is 0 Å². The molecular formula is C16H13FO4. The molecule has 0 saturated carbocycles. The van der Waals surface area contributed by atoms with Gasteiger partial charge in [0.2, 0.25) is 0 Å². The highest BCUT2D eigenvalue weighted by atomic mass is 19.1. The van der Waals surface area contributed by atoms with E-state index in [0.29, 0.717) is 5.56 Å². The van der Waals surface area contributed by atoms with Crippen molar-refractivity contribution < 1.29 is 23.8 Å². The average molecular weight is 288 g/mol. The highest BCUT2D eigenvalue weighted by molar-refractivity contribution is 5.98. The molecule has 0 fully saturated rings. The number of carboxylic acids is 1. The van der Waals surface area contributed by atoms with Gasteiger partial charge in [-0.15, -0.1) is 0 Å². The summed E-state index contributed by atoms with van der Waals surface area (Å²) in [5.41, 5.74) is 0.481. The van der Waals surface area contributed by atoms with E-state index in [1.54, 1.807) is 18.2 Å². The van der Waals surface area contributed by atoms with Crippen molar-refractivity contribution in [3.05, 3.63) is 65.0 Å². The quantitative estimate of drug-likeness (QED) is 0.857. The Hall–Kier alpha value is -2.69. The molecule has 0 unspecified atom stereocenters. The highest BCUT2D eigenvalue weighted by Crippen LogP contribution is 2.22. The molecule has 1 N–H and O–H groups in total. The fourth-order valence-corrected chi connectivity index (χ4v) is 1.81. The van der Waals surface area contributed by atoms with E-state index in [1.807, 2.05) is 0 Å². The Morgan fingerprint density at radius 1 is 1.19 bits per heavy atom. The first-order valence-electron chi connectivity index (χ1n) is 6.23. The Balaban J connectivity index is 2.26. The van der Waals surface area contributed by atoms with Crippen molar-refractivity contribution in [3.8, 4) is 5.75 Å². The van der Waals surface area contributed by atoms with Crippen molar-refractivity contribution in [1.82, 2.24) is 0 Å². The van der Waals surface area contributed by atoms with Crippen LogP contribution in [0.15, 0.2) is 42.5 Å². The summed E-state index contributed by atoms with van der Waals surface area (Å²) in [4.78, 5) is 22.5. The SMILES string of the molecule is CC(=O)c1ccc(OCc2ccccc2F)c(C(=O)O)c1. The molecule has 2 aromatic carbocycles. The van der Waals surface area contributed by atoms with E-state index in [0.717, 1.165) is 0 Å². The van der Waals surface area contributed by atoms with Crippen LogP contribution in [0.2, 0.25) is 0 Å². The number of benzene rings is 2. The molecule has 0 aromatic heterocycles. The first-order chi connectivity index (χ1) is 9.99. The standard InChI is InChI=1S/C16H13FO4/c1-10(18)11-6-7-15(13(8-11)16(19)20)21-9-12-4-2-3-5-14(12)17/h2-8H,9H2,1H3,(H,19,20). The summed E-state index contributed by atoms with van der Waals surface area (Å²) >= 11 is 0. The lowest BCUT2D eigenvalue weighted by Crippen LogP contribution is -2.06. The number of rotatable bonds is 5. The van der Waals surface area contributed by atoms with E-state index in [4.69, 9.17) is 9.84 Å². The zero-order valence-electron chi connectivity index (χ0n) is 11.3. The molecule has 0 aliphatic rings. The van der Waals surface area contributed by atoms with Gasteiger partial charge in [0.15, 0.2) is 5.78 Å². The normalized spacial score (nSPS) is 10.2. The van der Waals surface area contributed by atoms with Crippen LogP contribution in [0.3, 0.4) is 0 Å². The topological polar surface area (TPSA) is 63.6 Å². The summed E-state index contributed by atoms with van der Waals surface area (Å²) in [7, 11) is 0. The summed E-state index contributed by atoms with van der Waals surface area (Å²) in [5.74, 6) is -1.77. The summed E-state index contributed by atoms with van der Waals surface area (Å²) < 4.78 is 18.8. The third-order valence-corrected chi connectivity index (χ3v) is 2.96. The molecule has 108 valence electrons. The van der Waals surface area contributed by atoms with Gasteiger partial charge in [0.1, 0.15) is 23.7 Å². The zero-order valence-corrected chi connectivity index (χ0v) is 11.3. The van der Waals surface area contributed by atoms with E-state index in [2.05, 4.69) is 0 Å². The first kappa shape index (κ1) is 14.7. The molecule has 2 rings (SSSR count). The van der Waals surface area contributed by atoms with Gasteiger partial charge in [-0.25, -0.2) is 9.18 Å². The van der Waals surface area contributed by atoms with Crippen LogP contribution in [0, 0.1) is 5.82 Å². The molecule has 0 heterocycles. The van der Waals surface area contributed by atoms with Crippen molar-refractivity contribution in [1.29, 1.82) is 0 Å². The molecule has 0 spiro atoms. The maximum Gasteiger partial charge on any atom is 0.339 e. The minimum Gasteiger partial charge on any atom is -0.488 e. The lowest BCUT2D eigenvalue weighted by atomic mass is 10.1. The van der Waals surface area contributed by atoms with Gasteiger partial charge in [-0.2, -0.15) is 0 Å². The fraction of sp³-hybridized carbons (Fsp3) is 0.125. The van der Waals surface area contributed by atoms with Gasteiger partial charge >= 0.3 is 5.97 Å². The number of ether oxygens (including phenoxy) is 1. The van der Waals surface area contributed by atoms with Gasteiger partial charge in [-0.1, -0.05) is 18.2 Å². The summed E-state index contributed by atoms with van der Waals surface area (Å²) in [6.07, 6.45) is 0. The molecule has 0 radical (unpaired) electrons. The molecule has 0 amide bonds. The van der Waals surface area contributed by atoms with Crippen molar-refractivity contribution >= 4 is 11.8 Å². The van der Waals surface area contributed by atoms with Gasteiger partial charge in [0.25, 0.3) is 0 Å². The number of carbonyl (C=O) groups excluding carboxylic acids is 1. The Bertz CT molecular complexity index is 694. The predicted molar refractivity (Wildman–Crippen MR) is 74.1 cm³/mol. The van der Waals surface area contributed by atoms with E-state index in [9.17, 15) is 14.0 Å². The number of halogens is 1. The number of carbonyl (C=O) groups is 2. The van der Waals surface area contributed by atoms with E-state index in [1.165, 1.54) is 31.2 Å². The molecule has 4 nitrogen and oxygen atoms in total. The summed E-state index contributed by atoms with van der Waals surface area (Å²) in [6.45, 7) is 1.26. The number of ketones is 1. The molecule has 2 aromatic rings. The highest BCUT2D eigenvalue weighted by Gasteiger charge is 2.14. The number of carboxylic acid groups (broad SMARTS) is 1. The third-order valence-electron chi connectivity index (χ3n) is 2.96. The second-order valence-corrected chi connectivity index (χ2v) is 4.45. The fourth-order valence-electron chi connectivity index (χ4n) is 1.81. The first-order valence-corrected chi connectivity index (χ1v) is 6.23. The van der Waals surface area contributed by atoms with Crippen LogP contribution in [-0.4, -0.2) is 16.9 Å². The van der Waals surface area contributed by atoms with Crippen molar-refractivity contribution in [2.45, 2.75) is 13.5 Å². The molecular weight excluding hydrogens is 275 g/mol. The minimum absolute atomic E-state index is 0.0909. The lowest BCUT2D eigenvalue weighted by Gasteiger charge is -2.10. The van der Waals surface area contributed by atoms with Crippen LogP contribution in [0.1, 0.15) is 33.2 Å². The Morgan fingerprint density at radius 3 is 2.52 bits per heavy atom. The van der Waals surface area contributed by atoms with Gasteiger partial charge in [0.05, 0.1) is 0 Å². The van der Waals surface area contributed by atoms with Crippen LogP contribution >= 0.6 is 0 Å². The molecule has 0 atom stereocenters. The predicted octanol–water partition coefficient (Wildman–Crippen LogP) is 3.31. The van der Waals surface area contributed by atoms with Gasteiger partial charge in [-0.3, -0.25) is 4.79 Å². The Morgan fingerprint density at radius 2 is 1.90 bits per heavy atom. The molecule has 5 heteroatoms. The van der Waals surface area contributed by atoms with Gasteiger partial charge in [-0.05, 0) is 31.2 Å². The minimum atomic E-state index is -1.21. The number of Topliss-reactive ketones (excluding diaryl/α,β-unsaturated/α-hetero) is 1. The van der Waals surface area contributed by atoms with Crippen molar-refractivity contribution in [2.75, 3.05) is 0 Å². The Labute approximate surface area is 120 Å². The molecule has 0 aliphatic carbocycles. The van der Waals surface area contributed by atoms with Crippen LogP contribution < -0.4 is 4.74 Å². The molecule has 21 heavy (non-hydrogen) atoms. The smallest absolute Gasteiger partial charge is 0.339 e. The van der Waals surface area contributed by atoms with Crippen LogP contribution in [0.5, 0.6) is 5.75 Å². The van der Waals surface area contributed by atoms with Gasteiger partial charge in [0, 0.05) is 11.1 Å². The summed E-state index contributed by atoms with van der Waals surface area (Å²) in [6, 6.07) is 10.2. The lowest BCUT2D eigenvalue weighted by molar-refractivity contribution is 0.0691. The van der Waals surface area contributed by atoms with E-state index < -0.39 is 11.8 Å². The monoisotopic (exact) mass is 288 g/mol. The largest absolute Gasteiger partial charge is 0.488 e. The summed E-state index contributed by atoms with van der Waals surface area (Å²) in [5, 5.41) is 9.16. The maximum absolute atomic E-state index is 13.5. The molecule has 0 bridgehead atoms. The second kappa shape index (κ2) is 6.17. The van der Waals surface area contributed by atoms with Crippen LogP contribution in [0.4, 0.5) is 4.39 Å². The number of aromatic carboxylic acids is 1. The van der Waals surface area contributed by atoms with E-state index >= 15 is 0 Å². The van der Waals surface area contributed by atoms with E-state index in [-0.39, 0.29) is 29.3 Å². The second-order valence-electron chi connectivity index (χ2n) is 4.45. The van der Waals surface area contributed by atoms with Crippen molar-refractivity contribution in [2.24, 2.45) is 0 Å². The maximum atomic E-state index is 13.5. The third kappa shape index (κ3) is 3.45. The average Bonchev–Trinajstić information content (AvgIpc) is 2.46. The Kier molecular flexibility index (Phi) is 4.33.